The third kappa shape index (κ3) is 3.48. The van der Waals surface area contributed by atoms with Gasteiger partial charge >= 0.3 is 0 Å². The zero-order chi connectivity index (χ0) is 10.6. The molecule has 1 N–H and O–H groups in total. The molecule has 0 aliphatic heterocycles. The summed E-state index contributed by atoms with van der Waals surface area (Å²) in [5.41, 5.74) is 1.13. The highest BCUT2D eigenvalue weighted by Crippen LogP contribution is 2.25. The van der Waals surface area contributed by atoms with Gasteiger partial charge in [-0.1, -0.05) is 18.5 Å². The van der Waals surface area contributed by atoms with Gasteiger partial charge in [0.05, 0.1) is 0 Å². The van der Waals surface area contributed by atoms with Gasteiger partial charge in [0.2, 0.25) is 0 Å². The van der Waals surface area contributed by atoms with Gasteiger partial charge in [-0.2, -0.15) is 0 Å². The summed E-state index contributed by atoms with van der Waals surface area (Å²) < 4.78 is 0. The van der Waals surface area contributed by atoms with Crippen LogP contribution >= 0.6 is 23.4 Å². The number of rotatable bonds is 4. The van der Waals surface area contributed by atoms with E-state index in [1.54, 1.807) is 18.0 Å². The molecule has 0 amide bonds. The van der Waals surface area contributed by atoms with E-state index in [1.807, 2.05) is 19.9 Å². The Bertz CT molecular complexity index is 306. The molecule has 0 spiro atoms. The molecule has 0 aliphatic carbocycles. The van der Waals surface area contributed by atoms with Crippen LogP contribution in [0, 0.1) is 12.8 Å². The quantitative estimate of drug-likeness (QED) is 0.639. The summed E-state index contributed by atoms with van der Waals surface area (Å²) in [7, 11) is 0. The molecule has 1 aromatic rings. The number of halogens is 1. The van der Waals surface area contributed by atoms with Gasteiger partial charge in [-0.15, -0.1) is 11.8 Å². The first-order valence-electron chi connectivity index (χ1n) is 4.49. The number of hydrogen-bond acceptors (Lipinski definition) is 3. The van der Waals surface area contributed by atoms with Crippen LogP contribution in [-0.2, 0) is 0 Å². The lowest BCUT2D eigenvalue weighted by molar-refractivity contribution is 0.250. The summed E-state index contributed by atoms with van der Waals surface area (Å²) in [5, 5.41) is 9.41. The molecule has 14 heavy (non-hydrogen) atoms. The van der Waals surface area contributed by atoms with Crippen molar-refractivity contribution in [3.05, 3.63) is 23.0 Å². The summed E-state index contributed by atoms with van der Waals surface area (Å²) in [6.07, 6.45) is 1.77. The van der Waals surface area contributed by atoms with E-state index < -0.39 is 0 Å². The Hall–Kier alpha value is -0.250. The number of aliphatic hydroxyl groups excluding tert-OH is 1. The maximum Gasteiger partial charge on any atom is 0.130 e. The van der Waals surface area contributed by atoms with Crippen LogP contribution in [0.5, 0.6) is 0 Å². The standard InChI is InChI=1S/C10H14ClNOS/c1-7(5-13)6-14-9-3-10(11)12-4-8(9)2/h3-4,7,13H,5-6H2,1-2H3. The van der Waals surface area contributed by atoms with Crippen LogP contribution in [0.15, 0.2) is 17.2 Å². The highest BCUT2D eigenvalue weighted by Gasteiger charge is 2.04. The third-order valence-corrected chi connectivity index (χ3v) is 3.55. The molecule has 4 heteroatoms. The van der Waals surface area contributed by atoms with E-state index in [1.165, 1.54) is 0 Å². The van der Waals surface area contributed by atoms with Crippen LogP contribution in [0.4, 0.5) is 0 Å². The molecule has 0 bridgehead atoms. The van der Waals surface area contributed by atoms with Gasteiger partial charge in [-0.25, -0.2) is 4.98 Å². The van der Waals surface area contributed by atoms with Crippen molar-refractivity contribution in [3.8, 4) is 0 Å². The predicted octanol–water partition coefficient (Wildman–Crippen LogP) is 2.76. The lowest BCUT2D eigenvalue weighted by atomic mass is 10.2. The first-order chi connectivity index (χ1) is 6.63. The molecule has 0 saturated carbocycles. The third-order valence-electron chi connectivity index (χ3n) is 1.86. The lowest BCUT2D eigenvalue weighted by Crippen LogP contribution is -2.03. The maximum atomic E-state index is 8.88. The van der Waals surface area contributed by atoms with Crippen molar-refractivity contribution < 1.29 is 5.11 Å². The van der Waals surface area contributed by atoms with Crippen molar-refractivity contribution in [1.29, 1.82) is 0 Å². The topological polar surface area (TPSA) is 33.1 Å². The van der Waals surface area contributed by atoms with E-state index in [-0.39, 0.29) is 6.61 Å². The molecule has 2 nitrogen and oxygen atoms in total. The molecule has 1 aromatic heterocycles. The SMILES string of the molecule is Cc1cnc(Cl)cc1SCC(C)CO. The fourth-order valence-corrected chi connectivity index (χ4v) is 2.19. The fourth-order valence-electron chi connectivity index (χ4n) is 0.922. The average molecular weight is 232 g/mol. The number of thioether (sulfide) groups is 1. The van der Waals surface area contributed by atoms with Gasteiger partial charge in [-0.05, 0) is 24.5 Å². The zero-order valence-corrected chi connectivity index (χ0v) is 9.90. The van der Waals surface area contributed by atoms with E-state index in [2.05, 4.69) is 4.98 Å². The van der Waals surface area contributed by atoms with Crippen molar-refractivity contribution in [1.82, 2.24) is 4.98 Å². The van der Waals surface area contributed by atoms with Crippen molar-refractivity contribution in [2.75, 3.05) is 12.4 Å². The number of hydrogen-bond donors (Lipinski definition) is 1. The molecule has 1 heterocycles. The van der Waals surface area contributed by atoms with Crippen LogP contribution in [0.25, 0.3) is 0 Å². The van der Waals surface area contributed by atoms with Crippen LogP contribution in [0.2, 0.25) is 5.15 Å². The van der Waals surface area contributed by atoms with Crippen LogP contribution in [0.3, 0.4) is 0 Å². The Labute approximate surface area is 93.7 Å². The summed E-state index contributed by atoms with van der Waals surface area (Å²) >= 11 is 7.50. The Balaban J connectivity index is 2.62. The second-order valence-electron chi connectivity index (χ2n) is 3.37. The van der Waals surface area contributed by atoms with Crippen molar-refractivity contribution >= 4 is 23.4 Å². The van der Waals surface area contributed by atoms with E-state index in [9.17, 15) is 0 Å². The maximum absolute atomic E-state index is 8.88. The Morgan fingerprint density at radius 3 is 3.00 bits per heavy atom. The monoisotopic (exact) mass is 231 g/mol. The summed E-state index contributed by atoms with van der Waals surface area (Å²) in [4.78, 5) is 5.13. The molecule has 1 atom stereocenters. The van der Waals surface area contributed by atoms with E-state index >= 15 is 0 Å². The molecule has 1 rings (SSSR count). The highest BCUT2D eigenvalue weighted by atomic mass is 35.5. The zero-order valence-electron chi connectivity index (χ0n) is 8.33. The van der Waals surface area contributed by atoms with E-state index in [0.717, 1.165) is 16.2 Å². The smallest absolute Gasteiger partial charge is 0.130 e. The number of nitrogens with zero attached hydrogens (tertiary/aromatic N) is 1. The summed E-state index contributed by atoms with van der Waals surface area (Å²) in [6.45, 7) is 4.26. The average Bonchev–Trinajstić information content (AvgIpc) is 2.19. The first kappa shape index (κ1) is 11.8. The van der Waals surface area contributed by atoms with Gasteiger partial charge in [0.25, 0.3) is 0 Å². The Morgan fingerprint density at radius 1 is 1.64 bits per heavy atom. The Kier molecular flexibility index (Phi) is 4.72. The summed E-state index contributed by atoms with van der Waals surface area (Å²) in [5.74, 6) is 1.21. The second kappa shape index (κ2) is 5.59. The van der Waals surface area contributed by atoms with Crippen LogP contribution < -0.4 is 0 Å². The van der Waals surface area contributed by atoms with Crippen molar-refractivity contribution in [2.24, 2.45) is 5.92 Å². The minimum Gasteiger partial charge on any atom is -0.396 e. The van der Waals surface area contributed by atoms with Gasteiger partial charge in [-0.3, -0.25) is 0 Å². The molecule has 0 radical (unpaired) electrons. The second-order valence-corrected chi connectivity index (χ2v) is 4.82. The normalized spacial score (nSPS) is 12.9. The molecular weight excluding hydrogens is 218 g/mol. The minimum atomic E-state index is 0.227. The first-order valence-corrected chi connectivity index (χ1v) is 5.85. The largest absolute Gasteiger partial charge is 0.396 e. The van der Waals surface area contributed by atoms with Gasteiger partial charge < -0.3 is 5.11 Å². The number of aromatic nitrogens is 1. The van der Waals surface area contributed by atoms with E-state index in [0.29, 0.717) is 11.1 Å². The molecule has 1 unspecified atom stereocenters. The molecular formula is C10H14ClNOS. The summed E-state index contributed by atoms with van der Waals surface area (Å²) in [6, 6.07) is 1.87. The van der Waals surface area contributed by atoms with Gasteiger partial charge in [0.1, 0.15) is 5.15 Å². The van der Waals surface area contributed by atoms with Crippen LogP contribution in [-0.4, -0.2) is 22.5 Å². The number of aliphatic hydroxyl groups is 1. The van der Waals surface area contributed by atoms with Gasteiger partial charge in [0.15, 0.2) is 0 Å². The molecule has 0 saturated heterocycles. The molecule has 0 aromatic carbocycles. The predicted molar refractivity (Wildman–Crippen MR) is 61.0 cm³/mol. The molecule has 0 aliphatic rings. The van der Waals surface area contributed by atoms with Crippen LogP contribution in [0.1, 0.15) is 12.5 Å². The fraction of sp³-hybridized carbons (Fsp3) is 0.500. The van der Waals surface area contributed by atoms with Crippen molar-refractivity contribution in [3.63, 3.8) is 0 Å². The lowest BCUT2D eigenvalue weighted by Gasteiger charge is -2.09. The Morgan fingerprint density at radius 2 is 2.36 bits per heavy atom. The van der Waals surface area contributed by atoms with Crippen molar-refractivity contribution in [2.45, 2.75) is 18.7 Å². The number of aryl methyl sites for hydroxylation is 1. The van der Waals surface area contributed by atoms with Gasteiger partial charge in [0, 0.05) is 23.5 Å². The highest BCUT2D eigenvalue weighted by molar-refractivity contribution is 7.99. The molecule has 78 valence electrons. The molecule has 0 fully saturated rings. The minimum absolute atomic E-state index is 0.227. The van der Waals surface area contributed by atoms with E-state index in [4.69, 9.17) is 16.7 Å². The number of pyridine rings is 1.